The third kappa shape index (κ3) is 2.48. The van der Waals surface area contributed by atoms with Crippen LogP contribution in [0.1, 0.15) is 5.69 Å². The average Bonchev–Trinajstić information content (AvgIpc) is 2.15. The van der Waals surface area contributed by atoms with Gasteiger partial charge >= 0.3 is 0 Å². The van der Waals surface area contributed by atoms with Crippen molar-refractivity contribution in [2.24, 2.45) is 10.9 Å². The largest absolute Gasteiger partial charge is 0.399 e. The van der Waals surface area contributed by atoms with Crippen molar-refractivity contribution in [1.29, 1.82) is 0 Å². The number of rotatable bonds is 3. The number of nitrogens with two attached hydrogens (primary N) is 1. The molecule has 0 spiro atoms. The topological polar surface area (TPSA) is 60.5 Å². The van der Waals surface area contributed by atoms with Crippen LogP contribution < -0.4 is 5.73 Å². The summed E-state index contributed by atoms with van der Waals surface area (Å²) >= 11 is 4.79. The molecule has 0 aliphatic heterocycles. The van der Waals surface area contributed by atoms with Gasteiger partial charge in [0.2, 0.25) is 0 Å². The van der Waals surface area contributed by atoms with E-state index in [1.54, 1.807) is 18.3 Å². The number of thiocarbonyl (C=S) groups is 1. The van der Waals surface area contributed by atoms with Gasteiger partial charge in [0.25, 0.3) is 0 Å². The maximum absolute atomic E-state index is 5.44. The molecule has 5 heteroatoms. The second kappa shape index (κ2) is 4.51. The van der Waals surface area contributed by atoms with Crippen LogP contribution in [0.15, 0.2) is 29.6 Å². The predicted molar refractivity (Wildman–Crippen MR) is 54.6 cm³/mol. The Morgan fingerprint density at radius 2 is 2.38 bits per heavy atom. The van der Waals surface area contributed by atoms with Gasteiger partial charge in [-0.1, -0.05) is 23.4 Å². The van der Waals surface area contributed by atoms with Crippen molar-refractivity contribution >= 4 is 22.9 Å². The van der Waals surface area contributed by atoms with E-state index in [-0.39, 0.29) is 4.99 Å². The minimum Gasteiger partial charge on any atom is -0.399 e. The maximum Gasteiger partial charge on any atom is 0.162 e. The number of pyridine rings is 1. The zero-order valence-corrected chi connectivity index (χ0v) is 7.91. The molecule has 0 saturated heterocycles. The van der Waals surface area contributed by atoms with Crippen LogP contribution >= 0.6 is 12.2 Å². The van der Waals surface area contributed by atoms with Crippen LogP contribution in [0.2, 0.25) is 0 Å². The van der Waals surface area contributed by atoms with Gasteiger partial charge in [0.15, 0.2) is 5.71 Å². The van der Waals surface area contributed by atoms with Crippen molar-refractivity contribution in [2.75, 3.05) is 7.11 Å². The van der Waals surface area contributed by atoms with Gasteiger partial charge in [-0.2, -0.15) is 0 Å². The van der Waals surface area contributed by atoms with Crippen molar-refractivity contribution in [3.05, 3.63) is 30.1 Å². The number of aromatic nitrogens is 1. The lowest BCUT2D eigenvalue weighted by Crippen LogP contribution is -2.23. The van der Waals surface area contributed by atoms with Gasteiger partial charge in [0.05, 0.1) is 5.69 Å². The molecule has 1 aromatic rings. The highest BCUT2D eigenvalue weighted by Gasteiger charge is 2.07. The molecule has 0 bridgehead atoms. The Morgan fingerprint density at radius 3 is 2.85 bits per heavy atom. The zero-order valence-electron chi connectivity index (χ0n) is 7.10. The Morgan fingerprint density at radius 1 is 1.62 bits per heavy atom. The summed E-state index contributed by atoms with van der Waals surface area (Å²) in [5.74, 6) is 0. The summed E-state index contributed by atoms with van der Waals surface area (Å²) in [5.41, 5.74) is 6.43. The fourth-order valence-electron chi connectivity index (χ4n) is 0.812. The molecule has 1 heterocycles. The number of oxime groups is 1. The van der Waals surface area contributed by atoms with Gasteiger partial charge in [-0.05, 0) is 12.1 Å². The van der Waals surface area contributed by atoms with E-state index in [2.05, 4.69) is 15.0 Å². The smallest absolute Gasteiger partial charge is 0.162 e. The summed E-state index contributed by atoms with van der Waals surface area (Å²) in [6, 6.07) is 5.39. The van der Waals surface area contributed by atoms with Crippen molar-refractivity contribution in [3.63, 3.8) is 0 Å². The van der Waals surface area contributed by atoms with E-state index in [0.717, 1.165) is 0 Å². The summed E-state index contributed by atoms with van der Waals surface area (Å²) < 4.78 is 0. The first-order valence-corrected chi connectivity index (χ1v) is 3.99. The predicted octanol–water partition coefficient (Wildman–Crippen LogP) is 0.718. The van der Waals surface area contributed by atoms with Crippen LogP contribution in [0, 0.1) is 0 Å². The lowest BCUT2D eigenvalue weighted by atomic mass is 10.2. The normalized spacial score (nSPS) is 11.0. The Hall–Kier alpha value is -1.49. The van der Waals surface area contributed by atoms with Gasteiger partial charge in [-0.15, -0.1) is 0 Å². The van der Waals surface area contributed by atoms with E-state index in [1.165, 1.54) is 7.11 Å². The van der Waals surface area contributed by atoms with Gasteiger partial charge in [-0.25, -0.2) is 0 Å². The first-order valence-electron chi connectivity index (χ1n) is 3.58. The van der Waals surface area contributed by atoms with E-state index in [1.807, 2.05) is 6.07 Å². The van der Waals surface area contributed by atoms with Crippen LogP contribution in [-0.4, -0.2) is 22.8 Å². The van der Waals surface area contributed by atoms with Crippen molar-refractivity contribution in [1.82, 2.24) is 4.98 Å². The second-order valence-corrected chi connectivity index (χ2v) is 2.64. The standard InChI is InChI=1S/C8H9N3OS/c1-12-11-7(8(9)13)6-4-2-3-5-10-6/h2-5H,1H3,(H2,9,13). The number of hydrogen-bond donors (Lipinski definition) is 1. The molecule has 0 saturated carbocycles. The highest BCUT2D eigenvalue weighted by molar-refractivity contribution is 7.82. The SMILES string of the molecule is CON=C(C(N)=S)c1ccccn1. The molecule has 4 nitrogen and oxygen atoms in total. The van der Waals surface area contributed by atoms with Crippen LogP contribution in [0.3, 0.4) is 0 Å². The molecule has 0 radical (unpaired) electrons. The van der Waals surface area contributed by atoms with Gasteiger partial charge in [0.1, 0.15) is 12.1 Å². The second-order valence-electron chi connectivity index (χ2n) is 2.20. The Balaban J connectivity index is 3.03. The Labute approximate surface area is 81.4 Å². The molecule has 1 rings (SSSR count). The lowest BCUT2D eigenvalue weighted by molar-refractivity contribution is 0.214. The van der Waals surface area contributed by atoms with Gasteiger partial charge in [0, 0.05) is 6.20 Å². The first kappa shape index (κ1) is 9.60. The molecule has 0 aromatic carbocycles. The third-order valence-corrected chi connectivity index (χ3v) is 1.52. The zero-order chi connectivity index (χ0) is 9.68. The van der Waals surface area contributed by atoms with Crippen LogP contribution in [-0.2, 0) is 4.84 Å². The lowest BCUT2D eigenvalue weighted by Gasteiger charge is -2.01. The molecular weight excluding hydrogens is 186 g/mol. The fraction of sp³-hybridized carbons (Fsp3) is 0.125. The van der Waals surface area contributed by atoms with Crippen molar-refractivity contribution in [2.45, 2.75) is 0 Å². The van der Waals surface area contributed by atoms with Crippen LogP contribution in [0.4, 0.5) is 0 Å². The molecule has 1 aromatic heterocycles. The minimum absolute atomic E-state index is 0.167. The summed E-state index contributed by atoms with van der Waals surface area (Å²) in [6.07, 6.45) is 1.64. The molecule has 0 aliphatic rings. The molecule has 0 fully saturated rings. The molecule has 0 aliphatic carbocycles. The average molecular weight is 195 g/mol. The summed E-state index contributed by atoms with van der Waals surface area (Å²) in [4.78, 5) is 8.81. The van der Waals surface area contributed by atoms with Crippen molar-refractivity contribution in [3.8, 4) is 0 Å². The van der Waals surface area contributed by atoms with E-state index in [9.17, 15) is 0 Å². The van der Waals surface area contributed by atoms with Gasteiger partial charge in [-0.3, -0.25) is 4.98 Å². The monoisotopic (exact) mass is 195 g/mol. The van der Waals surface area contributed by atoms with Gasteiger partial charge < -0.3 is 10.6 Å². The highest BCUT2D eigenvalue weighted by Crippen LogP contribution is 1.97. The quantitative estimate of drug-likeness (QED) is 0.438. The summed E-state index contributed by atoms with van der Waals surface area (Å²) in [6.45, 7) is 0. The maximum atomic E-state index is 5.44. The van der Waals surface area contributed by atoms with E-state index < -0.39 is 0 Å². The molecule has 13 heavy (non-hydrogen) atoms. The molecule has 0 amide bonds. The first-order chi connectivity index (χ1) is 6.25. The molecule has 0 atom stereocenters. The Kier molecular flexibility index (Phi) is 3.33. The highest BCUT2D eigenvalue weighted by atomic mass is 32.1. The minimum atomic E-state index is 0.167. The number of hydrogen-bond acceptors (Lipinski definition) is 4. The van der Waals surface area contributed by atoms with E-state index in [4.69, 9.17) is 18.0 Å². The van der Waals surface area contributed by atoms with Crippen LogP contribution in [0.25, 0.3) is 0 Å². The van der Waals surface area contributed by atoms with E-state index >= 15 is 0 Å². The molecule has 0 unspecified atom stereocenters. The van der Waals surface area contributed by atoms with Crippen LogP contribution in [0.5, 0.6) is 0 Å². The molecular formula is C8H9N3OS. The number of nitrogens with zero attached hydrogens (tertiary/aromatic N) is 2. The third-order valence-electron chi connectivity index (χ3n) is 1.32. The van der Waals surface area contributed by atoms with Crippen molar-refractivity contribution < 1.29 is 4.84 Å². The summed E-state index contributed by atoms with van der Waals surface area (Å²) in [5, 5.41) is 3.68. The van der Waals surface area contributed by atoms with E-state index in [0.29, 0.717) is 11.4 Å². The summed E-state index contributed by atoms with van der Waals surface area (Å²) in [7, 11) is 1.43. The molecule has 68 valence electrons. The fourth-order valence-corrected chi connectivity index (χ4v) is 0.954. The Bertz CT molecular complexity index is 323. The molecule has 2 N–H and O–H groups in total.